The van der Waals surface area contributed by atoms with Crippen LogP contribution in [0, 0.1) is 0 Å². The van der Waals surface area contributed by atoms with Crippen molar-refractivity contribution in [2.24, 2.45) is 0 Å². The number of rotatable bonds is 4. The van der Waals surface area contributed by atoms with Gasteiger partial charge in [-0.25, -0.2) is 9.90 Å². The molecule has 0 aromatic rings. The zero-order valence-electron chi connectivity index (χ0n) is 5.59. The van der Waals surface area contributed by atoms with Crippen LogP contribution in [0.3, 0.4) is 0 Å². The van der Waals surface area contributed by atoms with E-state index in [-0.39, 0.29) is 6.42 Å². The van der Waals surface area contributed by atoms with Crippen LogP contribution in [0.25, 0.3) is 0 Å². The molecule has 0 saturated carbocycles. The molecule has 51 valence electrons. The smallest absolute Gasteiger partial charge is 0.247 e. The summed E-state index contributed by atoms with van der Waals surface area (Å²) in [6, 6.07) is 0. The van der Waals surface area contributed by atoms with Crippen molar-refractivity contribution in [3.63, 3.8) is 0 Å². The Hall–Kier alpha value is -0.790. The van der Waals surface area contributed by atoms with E-state index in [4.69, 9.17) is 0 Å². The van der Waals surface area contributed by atoms with E-state index in [1.807, 2.05) is 19.1 Å². The maximum Gasteiger partial charge on any atom is 0.355 e. The quantitative estimate of drug-likeness (QED) is 0.418. The summed E-state index contributed by atoms with van der Waals surface area (Å²) >= 11 is 0. The highest BCUT2D eigenvalue weighted by Crippen LogP contribution is 1.95. The highest BCUT2D eigenvalue weighted by molar-refractivity contribution is 5.66. The standard InChI is InChI=1S/C7H11O2/c1-2-3-4-5-6-7(8)9/h2-3H,4-6H2,1H3/b3-2+. The fraction of sp³-hybridized carbons (Fsp3) is 0.571. The van der Waals surface area contributed by atoms with Crippen molar-refractivity contribution in [2.45, 2.75) is 26.2 Å². The monoisotopic (exact) mass is 127 g/mol. The molecule has 0 aliphatic carbocycles. The van der Waals surface area contributed by atoms with Crippen molar-refractivity contribution in [3.8, 4) is 0 Å². The van der Waals surface area contributed by atoms with Crippen molar-refractivity contribution < 1.29 is 9.90 Å². The SMILES string of the molecule is C/C=C/CCCC([O])=O. The predicted octanol–water partition coefficient (Wildman–Crippen LogP) is 1.69. The minimum absolute atomic E-state index is 0.171. The molecular formula is C7H11O2. The van der Waals surface area contributed by atoms with E-state index in [1.165, 1.54) is 0 Å². The van der Waals surface area contributed by atoms with Gasteiger partial charge in [0.2, 0.25) is 0 Å². The number of carbonyl (C=O) groups excluding carboxylic acids is 1. The van der Waals surface area contributed by atoms with Crippen LogP contribution in [-0.2, 0) is 9.90 Å². The molecule has 0 bridgehead atoms. The van der Waals surface area contributed by atoms with Gasteiger partial charge in [-0.15, -0.1) is 0 Å². The van der Waals surface area contributed by atoms with Crippen LogP contribution in [0.2, 0.25) is 0 Å². The summed E-state index contributed by atoms with van der Waals surface area (Å²) < 4.78 is 0. The predicted molar refractivity (Wildman–Crippen MR) is 34.4 cm³/mol. The van der Waals surface area contributed by atoms with Crippen molar-refractivity contribution >= 4 is 5.97 Å². The lowest BCUT2D eigenvalue weighted by Gasteiger charge is -1.85. The molecule has 0 saturated heterocycles. The summed E-state index contributed by atoms with van der Waals surface area (Å²) in [5, 5.41) is 9.83. The molecule has 0 amide bonds. The highest BCUT2D eigenvalue weighted by atomic mass is 16.4. The number of hydrogen-bond donors (Lipinski definition) is 0. The molecule has 0 unspecified atom stereocenters. The van der Waals surface area contributed by atoms with Crippen LogP contribution in [0.5, 0.6) is 0 Å². The first-order chi connectivity index (χ1) is 4.27. The molecule has 0 atom stereocenters. The molecule has 0 aromatic heterocycles. The largest absolute Gasteiger partial charge is 0.355 e. The van der Waals surface area contributed by atoms with Gasteiger partial charge in [-0.2, -0.15) is 0 Å². The molecule has 0 heterocycles. The van der Waals surface area contributed by atoms with Gasteiger partial charge in [-0.3, -0.25) is 0 Å². The number of carbonyl (C=O) groups is 1. The minimum Gasteiger partial charge on any atom is -0.247 e. The van der Waals surface area contributed by atoms with Crippen LogP contribution in [0.1, 0.15) is 26.2 Å². The third kappa shape index (κ3) is 7.21. The molecule has 9 heavy (non-hydrogen) atoms. The second-order valence-corrected chi connectivity index (χ2v) is 1.83. The van der Waals surface area contributed by atoms with E-state index >= 15 is 0 Å². The van der Waals surface area contributed by atoms with Gasteiger partial charge < -0.3 is 0 Å². The average Bonchev–Trinajstić information content (AvgIpc) is 1.80. The Labute approximate surface area is 55.2 Å². The molecule has 2 nitrogen and oxygen atoms in total. The summed E-state index contributed by atoms with van der Waals surface area (Å²) in [6.07, 6.45) is 5.56. The molecule has 0 N–H and O–H groups in total. The Morgan fingerprint density at radius 2 is 2.22 bits per heavy atom. The van der Waals surface area contributed by atoms with E-state index in [0.29, 0.717) is 6.42 Å². The molecule has 0 aliphatic rings. The third-order valence-corrected chi connectivity index (χ3v) is 0.987. The first-order valence-electron chi connectivity index (χ1n) is 3.08. The van der Waals surface area contributed by atoms with Crippen LogP contribution in [0.15, 0.2) is 12.2 Å². The minimum atomic E-state index is -0.959. The van der Waals surface area contributed by atoms with Crippen LogP contribution in [0.4, 0.5) is 0 Å². The van der Waals surface area contributed by atoms with E-state index < -0.39 is 5.97 Å². The van der Waals surface area contributed by atoms with Gasteiger partial charge in [0.25, 0.3) is 0 Å². The molecule has 0 spiro atoms. The van der Waals surface area contributed by atoms with E-state index in [0.717, 1.165) is 6.42 Å². The van der Waals surface area contributed by atoms with Gasteiger partial charge in [0, 0.05) is 0 Å². The fourth-order valence-electron chi connectivity index (χ4n) is 0.531. The van der Waals surface area contributed by atoms with Crippen molar-refractivity contribution in [1.29, 1.82) is 0 Å². The number of allylic oxidation sites excluding steroid dienone is 2. The van der Waals surface area contributed by atoms with Crippen LogP contribution >= 0.6 is 0 Å². The lowest BCUT2D eigenvalue weighted by molar-refractivity contribution is -0.143. The van der Waals surface area contributed by atoms with Crippen LogP contribution in [-0.4, -0.2) is 5.97 Å². The molecule has 1 radical (unpaired) electrons. The Morgan fingerprint density at radius 3 is 2.67 bits per heavy atom. The molecule has 0 fully saturated rings. The molecule has 2 heteroatoms. The van der Waals surface area contributed by atoms with Gasteiger partial charge in [0.15, 0.2) is 0 Å². The Balaban J connectivity index is 3.01. The second-order valence-electron chi connectivity index (χ2n) is 1.83. The Morgan fingerprint density at radius 1 is 1.56 bits per heavy atom. The zero-order chi connectivity index (χ0) is 7.11. The Bertz CT molecular complexity index is 105. The number of unbranched alkanes of at least 4 members (excludes halogenated alkanes) is 1. The van der Waals surface area contributed by atoms with Gasteiger partial charge in [0.1, 0.15) is 0 Å². The lowest BCUT2D eigenvalue weighted by Crippen LogP contribution is -1.89. The molecular weight excluding hydrogens is 116 g/mol. The average molecular weight is 127 g/mol. The second kappa shape index (κ2) is 5.35. The maximum atomic E-state index is 9.83. The van der Waals surface area contributed by atoms with Gasteiger partial charge >= 0.3 is 5.97 Å². The van der Waals surface area contributed by atoms with E-state index in [1.54, 1.807) is 0 Å². The maximum absolute atomic E-state index is 9.83. The Kier molecular flexibility index (Phi) is 4.88. The van der Waals surface area contributed by atoms with Crippen molar-refractivity contribution in [1.82, 2.24) is 0 Å². The highest BCUT2D eigenvalue weighted by Gasteiger charge is 1.95. The summed E-state index contributed by atoms with van der Waals surface area (Å²) in [5.74, 6) is -0.959. The van der Waals surface area contributed by atoms with Crippen molar-refractivity contribution in [3.05, 3.63) is 12.2 Å². The van der Waals surface area contributed by atoms with Crippen LogP contribution < -0.4 is 0 Å². The third-order valence-electron chi connectivity index (χ3n) is 0.987. The fourth-order valence-corrected chi connectivity index (χ4v) is 0.531. The van der Waals surface area contributed by atoms with E-state index in [9.17, 15) is 9.90 Å². The van der Waals surface area contributed by atoms with E-state index in [2.05, 4.69) is 0 Å². The first-order valence-corrected chi connectivity index (χ1v) is 3.08. The lowest BCUT2D eigenvalue weighted by atomic mass is 10.2. The molecule has 0 aromatic carbocycles. The van der Waals surface area contributed by atoms with Gasteiger partial charge in [0.05, 0.1) is 6.42 Å². The molecule has 0 rings (SSSR count). The summed E-state index contributed by atoms with van der Waals surface area (Å²) in [5.41, 5.74) is 0. The van der Waals surface area contributed by atoms with Gasteiger partial charge in [-0.1, -0.05) is 12.2 Å². The first kappa shape index (κ1) is 8.21. The van der Waals surface area contributed by atoms with Crippen molar-refractivity contribution in [2.75, 3.05) is 0 Å². The summed E-state index contributed by atoms with van der Waals surface area (Å²) in [7, 11) is 0. The summed E-state index contributed by atoms with van der Waals surface area (Å²) in [6.45, 7) is 1.92. The topological polar surface area (TPSA) is 37.0 Å². The zero-order valence-corrected chi connectivity index (χ0v) is 5.59. The number of hydrogen-bond acceptors (Lipinski definition) is 1. The van der Waals surface area contributed by atoms with Gasteiger partial charge in [-0.05, 0) is 19.8 Å². The summed E-state index contributed by atoms with van der Waals surface area (Å²) in [4.78, 5) is 9.83. The normalized spacial score (nSPS) is 10.3. The molecule has 0 aliphatic heterocycles.